The van der Waals surface area contributed by atoms with E-state index in [0.717, 1.165) is 18.4 Å². The maximum atomic E-state index is 14.0. The van der Waals surface area contributed by atoms with Gasteiger partial charge in [0.25, 0.3) is 5.91 Å². The summed E-state index contributed by atoms with van der Waals surface area (Å²) in [6.07, 6.45) is 0.504. The number of rotatable bonds is 5. The molecule has 6 nitrogen and oxygen atoms in total. The average molecular weight is 368 g/mol. The molecule has 2 N–H and O–H groups in total. The van der Waals surface area contributed by atoms with Gasteiger partial charge in [-0.3, -0.25) is 9.59 Å². The molecule has 20 heavy (non-hydrogen) atoms. The van der Waals surface area contributed by atoms with E-state index in [9.17, 15) is 22.4 Å². The van der Waals surface area contributed by atoms with Gasteiger partial charge in [-0.05, 0) is 12.1 Å². The van der Waals surface area contributed by atoms with Crippen LogP contribution in [0.3, 0.4) is 0 Å². The number of carbonyl (C=O) groups is 2. The topological polar surface area (TPSA) is 101 Å². The van der Waals surface area contributed by atoms with Gasteiger partial charge in [-0.15, -0.1) is 0 Å². The number of amides is 1. The number of hydrogen-bond donors (Lipinski definition) is 2. The van der Waals surface area contributed by atoms with E-state index in [4.69, 9.17) is 5.11 Å². The molecule has 0 aliphatic heterocycles. The monoisotopic (exact) mass is 367 g/mol. The van der Waals surface area contributed by atoms with Crippen molar-refractivity contribution in [2.45, 2.75) is 11.3 Å². The van der Waals surface area contributed by atoms with E-state index in [1.807, 2.05) is 0 Å². The number of carbonyl (C=O) groups excluding carboxylic acids is 1. The summed E-state index contributed by atoms with van der Waals surface area (Å²) in [4.78, 5) is 21.4. The number of carboxylic acids is 1. The number of hydrogen-bond acceptors (Lipinski definition) is 4. The van der Waals surface area contributed by atoms with Gasteiger partial charge < -0.3 is 10.4 Å². The lowest BCUT2D eigenvalue weighted by atomic mass is 10.2. The third-order valence-electron chi connectivity index (χ3n) is 2.27. The fraction of sp³-hybridized carbons (Fsp3) is 0.273. The van der Waals surface area contributed by atoms with Crippen LogP contribution in [0.4, 0.5) is 4.39 Å². The molecule has 0 spiro atoms. The molecule has 0 aliphatic carbocycles. The molecular weight excluding hydrogens is 357 g/mol. The minimum atomic E-state index is -3.83. The van der Waals surface area contributed by atoms with E-state index in [2.05, 4.69) is 21.2 Å². The Morgan fingerprint density at radius 3 is 2.50 bits per heavy atom. The first-order chi connectivity index (χ1) is 9.12. The average Bonchev–Trinajstić information content (AvgIpc) is 2.29. The van der Waals surface area contributed by atoms with Crippen molar-refractivity contribution in [2.75, 3.05) is 12.8 Å². The molecular formula is C11H11BrFNO5S. The summed E-state index contributed by atoms with van der Waals surface area (Å²) >= 11 is 2.99. The first-order valence-electron chi connectivity index (χ1n) is 5.32. The van der Waals surface area contributed by atoms with Crippen LogP contribution in [0.15, 0.2) is 21.5 Å². The molecule has 1 rings (SSSR count). The Morgan fingerprint density at radius 2 is 2.00 bits per heavy atom. The maximum Gasteiger partial charge on any atom is 0.305 e. The van der Waals surface area contributed by atoms with Crippen molar-refractivity contribution in [1.29, 1.82) is 0 Å². The lowest BCUT2D eigenvalue weighted by Crippen LogP contribution is -2.27. The summed E-state index contributed by atoms with van der Waals surface area (Å²) in [6.45, 7) is -0.186. The smallest absolute Gasteiger partial charge is 0.305 e. The molecule has 0 aromatic heterocycles. The zero-order valence-electron chi connectivity index (χ0n) is 10.3. The quantitative estimate of drug-likeness (QED) is 0.814. The van der Waals surface area contributed by atoms with Crippen molar-refractivity contribution in [2.24, 2.45) is 0 Å². The molecule has 9 heteroatoms. The van der Waals surface area contributed by atoms with E-state index < -0.39 is 38.0 Å². The third-order valence-corrected chi connectivity index (χ3v) is 3.83. The highest BCUT2D eigenvalue weighted by atomic mass is 79.9. The molecule has 110 valence electrons. The lowest BCUT2D eigenvalue weighted by Gasteiger charge is -2.08. The van der Waals surface area contributed by atoms with E-state index in [-0.39, 0.29) is 17.4 Å². The Morgan fingerprint density at radius 1 is 1.40 bits per heavy atom. The molecule has 0 heterocycles. The van der Waals surface area contributed by atoms with Crippen molar-refractivity contribution >= 4 is 37.6 Å². The van der Waals surface area contributed by atoms with Crippen LogP contribution in [-0.4, -0.2) is 38.2 Å². The van der Waals surface area contributed by atoms with Crippen LogP contribution in [0.1, 0.15) is 16.8 Å². The van der Waals surface area contributed by atoms with E-state index in [0.29, 0.717) is 0 Å². The fourth-order valence-corrected chi connectivity index (χ4v) is 2.76. The Hall–Kier alpha value is -1.48. The number of nitrogens with one attached hydrogen (secondary N) is 1. The summed E-state index contributed by atoms with van der Waals surface area (Å²) in [5.74, 6) is -3.16. The molecule has 0 unspecified atom stereocenters. The Labute approximate surface area is 123 Å². The molecule has 1 aromatic carbocycles. The summed E-state index contributed by atoms with van der Waals surface area (Å²) in [6, 6.07) is 2.18. The Bertz CT molecular complexity index is 659. The van der Waals surface area contributed by atoms with Crippen LogP contribution >= 0.6 is 15.9 Å². The van der Waals surface area contributed by atoms with Crippen LogP contribution in [-0.2, 0) is 14.6 Å². The van der Waals surface area contributed by atoms with Crippen LogP contribution in [0.5, 0.6) is 0 Å². The van der Waals surface area contributed by atoms with Crippen molar-refractivity contribution in [1.82, 2.24) is 5.32 Å². The number of halogens is 2. The van der Waals surface area contributed by atoms with E-state index >= 15 is 0 Å². The second kappa shape index (κ2) is 6.31. The highest BCUT2D eigenvalue weighted by molar-refractivity contribution is 9.10. The van der Waals surface area contributed by atoms with Gasteiger partial charge in [0.05, 0.1) is 12.0 Å². The molecule has 1 aromatic rings. The normalized spacial score (nSPS) is 11.2. The first kappa shape index (κ1) is 16.6. The predicted octanol–water partition coefficient (Wildman–Crippen LogP) is 1.20. The van der Waals surface area contributed by atoms with Gasteiger partial charge in [-0.2, -0.15) is 0 Å². The second-order valence-corrected chi connectivity index (χ2v) is 6.84. The zero-order valence-corrected chi connectivity index (χ0v) is 12.7. The summed E-state index contributed by atoms with van der Waals surface area (Å²) in [5.41, 5.74) is -0.467. The van der Waals surface area contributed by atoms with Gasteiger partial charge in [-0.25, -0.2) is 12.8 Å². The van der Waals surface area contributed by atoms with Gasteiger partial charge in [0.1, 0.15) is 4.90 Å². The van der Waals surface area contributed by atoms with Crippen molar-refractivity contribution < 1.29 is 27.5 Å². The Balaban J connectivity index is 3.10. The van der Waals surface area contributed by atoms with Crippen molar-refractivity contribution in [3.63, 3.8) is 0 Å². The molecule has 0 radical (unpaired) electrons. The molecule has 0 fully saturated rings. The van der Waals surface area contributed by atoms with Gasteiger partial charge in [0.15, 0.2) is 15.7 Å². The maximum absolute atomic E-state index is 14.0. The fourth-order valence-electron chi connectivity index (χ4n) is 1.38. The van der Waals surface area contributed by atoms with Crippen LogP contribution in [0, 0.1) is 5.82 Å². The first-order valence-corrected chi connectivity index (χ1v) is 8.00. The lowest BCUT2D eigenvalue weighted by molar-refractivity contribution is -0.136. The summed E-state index contributed by atoms with van der Waals surface area (Å²) in [5, 5.41) is 10.6. The molecule has 0 bridgehead atoms. The molecule has 1 amide bonds. The Kier molecular flexibility index (Phi) is 5.23. The van der Waals surface area contributed by atoms with Crippen LogP contribution in [0.25, 0.3) is 0 Å². The third kappa shape index (κ3) is 4.27. The van der Waals surface area contributed by atoms with E-state index in [1.54, 1.807) is 0 Å². The SMILES string of the molecule is CS(=O)(=O)c1cc(Br)cc(C(=O)NCCC(=O)O)c1F. The van der Waals surface area contributed by atoms with Gasteiger partial charge in [0.2, 0.25) is 0 Å². The van der Waals surface area contributed by atoms with Gasteiger partial charge in [-0.1, -0.05) is 15.9 Å². The predicted molar refractivity (Wildman–Crippen MR) is 71.8 cm³/mol. The summed E-state index contributed by atoms with van der Waals surface area (Å²) < 4.78 is 37.1. The number of sulfone groups is 1. The zero-order chi connectivity index (χ0) is 15.5. The standard InChI is InChI=1S/C11H11BrFNO5S/c1-20(18,19)8-5-6(12)4-7(10(8)13)11(17)14-3-2-9(15)16/h4-5H,2-3H2,1H3,(H,14,17)(H,15,16). The second-order valence-electron chi connectivity index (χ2n) is 3.94. The van der Waals surface area contributed by atoms with E-state index in [1.165, 1.54) is 0 Å². The van der Waals surface area contributed by atoms with Crippen LogP contribution in [0.2, 0.25) is 0 Å². The number of carboxylic acid groups (broad SMARTS) is 1. The molecule has 0 saturated heterocycles. The highest BCUT2D eigenvalue weighted by Crippen LogP contribution is 2.24. The van der Waals surface area contributed by atoms with Gasteiger partial charge in [0, 0.05) is 17.3 Å². The van der Waals surface area contributed by atoms with Crippen LogP contribution < -0.4 is 5.32 Å². The minimum Gasteiger partial charge on any atom is -0.481 e. The number of benzene rings is 1. The number of aliphatic carboxylic acids is 1. The minimum absolute atomic E-state index is 0.186. The summed E-state index contributed by atoms with van der Waals surface area (Å²) in [7, 11) is -3.83. The molecule has 0 saturated carbocycles. The van der Waals surface area contributed by atoms with Gasteiger partial charge >= 0.3 is 5.97 Å². The highest BCUT2D eigenvalue weighted by Gasteiger charge is 2.22. The van der Waals surface area contributed by atoms with Crippen molar-refractivity contribution in [3.05, 3.63) is 28.0 Å². The molecule has 0 aliphatic rings. The molecule has 0 atom stereocenters. The van der Waals surface area contributed by atoms with Crippen molar-refractivity contribution in [3.8, 4) is 0 Å². The largest absolute Gasteiger partial charge is 0.481 e.